The summed E-state index contributed by atoms with van der Waals surface area (Å²) in [6.45, 7) is 2.80. The van der Waals surface area contributed by atoms with E-state index in [1.165, 1.54) is 0 Å². The van der Waals surface area contributed by atoms with Crippen LogP contribution in [0.25, 0.3) is 0 Å². The summed E-state index contributed by atoms with van der Waals surface area (Å²) in [5.74, 6) is -0.0167. The zero-order valence-corrected chi connectivity index (χ0v) is 10.6. The molecule has 96 valence electrons. The highest BCUT2D eigenvalue weighted by molar-refractivity contribution is 5.79. The van der Waals surface area contributed by atoms with Crippen molar-refractivity contribution >= 4 is 5.91 Å². The van der Waals surface area contributed by atoms with Crippen LogP contribution in [0.15, 0.2) is 24.3 Å². The largest absolute Gasteiger partial charge is 0.395 e. The number of amides is 1. The molecule has 4 nitrogen and oxygen atoms in total. The zero-order chi connectivity index (χ0) is 13.4. The second-order valence-electron chi connectivity index (χ2n) is 3.98. The predicted octanol–water partition coefficient (Wildman–Crippen LogP) is 1.14. The van der Waals surface area contributed by atoms with E-state index in [0.29, 0.717) is 19.5 Å². The Balaban J connectivity index is 2.77. The molecule has 0 radical (unpaired) electrons. The predicted molar refractivity (Wildman–Crippen MR) is 68.8 cm³/mol. The average Bonchev–Trinajstić information content (AvgIpc) is 2.38. The molecule has 0 saturated carbocycles. The molecule has 0 aliphatic carbocycles. The molecule has 0 saturated heterocycles. The van der Waals surface area contributed by atoms with Gasteiger partial charge in [0.2, 0.25) is 5.91 Å². The number of likely N-dealkylation sites (N-methyl/N-ethyl adjacent to an activating group) is 1. The molecule has 1 aromatic carbocycles. The molecule has 0 spiro atoms. The van der Waals surface area contributed by atoms with Crippen LogP contribution in [0.1, 0.15) is 18.1 Å². The first kappa shape index (κ1) is 14.2. The van der Waals surface area contributed by atoms with Crippen molar-refractivity contribution in [1.82, 2.24) is 4.90 Å². The lowest BCUT2D eigenvalue weighted by Crippen LogP contribution is -2.34. The highest BCUT2D eigenvalue weighted by Gasteiger charge is 2.13. The third-order valence-corrected chi connectivity index (χ3v) is 2.83. The molecule has 0 heterocycles. The van der Waals surface area contributed by atoms with Gasteiger partial charge in [0.05, 0.1) is 25.5 Å². The first-order valence-corrected chi connectivity index (χ1v) is 6.05. The van der Waals surface area contributed by atoms with Gasteiger partial charge in [0, 0.05) is 13.1 Å². The molecule has 0 aromatic heterocycles. The third kappa shape index (κ3) is 3.86. The van der Waals surface area contributed by atoms with Crippen LogP contribution in [0, 0.1) is 11.3 Å². The minimum Gasteiger partial charge on any atom is -0.395 e. The molecular formula is C14H18N2O2. The van der Waals surface area contributed by atoms with Crippen molar-refractivity contribution in [3.05, 3.63) is 35.4 Å². The van der Waals surface area contributed by atoms with E-state index in [4.69, 9.17) is 10.4 Å². The van der Waals surface area contributed by atoms with E-state index >= 15 is 0 Å². The second kappa shape index (κ2) is 7.46. The molecule has 0 aliphatic heterocycles. The van der Waals surface area contributed by atoms with Crippen LogP contribution in [0.2, 0.25) is 0 Å². The number of aliphatic hydroxyl groups is 1. The summed E-state index contributed by atoms with van der Waals surface area (Å²) in [5.41, 5.74) is 1.79. The van der Waals surface area contributed by atoms with Crippen LogP contribution in [-0.2, 0) is 17.6 Å². The van der Waals surface area contributed by atoms with Gasteiger partial charge in [0.25, 0.3) is 0 Å². The van der Waals surface area contributed by atoms with Crippen molar-refractivity contribution in [3.8, 4) is 6.07 Å². The van der Waals surface area contributed by atoms with Crippen LogP contribution < -0.4 is 0 Å². The molecule has 0 fully saturated rings. The monoisotopic (exact) mass is 246 g/mol. The van der Waals surface area contributed by atoms with E-state index in [1.54, 1.807) is 4.90 Å². The molecule has 0 unspecified atom stereocenters. The van der Waals surface area contributed by atoms with E-state index < -0.39 is 0 Å². The quantitative estimate of drug-likeness (QED) is 0.818. The van der Waals surface area contributed by atoms with Crippen molar-refractivity contribution < 1.29 is 9.90 Å². The minimum atomic E-state index is -0.0284. The van der Waals surface area contributed by atoms with E-state index in [1.807, 2.05) is 31.2 Å². The Kier molecular flexibility index (Phi) is 5.89. The number of rotatable bonds is 6. The Bertz CT molecular complexity index is 438. The van der Waals surface area contributed by atoms with Gasteiger partial charge in [-0.3, -0.25) is 4.79 Å². The second-order valence-corrected chi connectivity index (χ2v) is 3.98. The average molecular weight is 246 g/mol. The third-order valence-electron chi connectivity index (χ3n) is 2.83. The number of benzene rings is 1. The van der Waals surface area contributed by atoms with Gasteiger partial charge in [-0.25, -0.2) is 0 Å². The Morgan fingerprint density at radius 3 is 2.61 bits per heavy atom. The maximum Gasteiger partial charge on any atom is 0.227 e. The Morgan fingerprint density at radius 1 is 1.39 bits per heavy atom. The summed E-state index contributed by atoms with van der Waals surface area (Å²) in [6, 6.07) is 9.58. The highest BCUT2D eigenvalue weighted by Crippen LogP contribution is 2.11. The first-order chi connectivity index (χ1) is 8.72. The lowest BCUT2D eigenvalue weighted by atomic mass is 10.0. The molecule has 4 heteroatoms. The van der Waals surface area contributed by atoms with Crippen LogP contribution in [0.4, 0.5) is 0 Å². The summed E-state index contributed by atoms with van der Waals surface area (Å²) in [6.07, 6.45) is 0.598. The van der Waals surface area contributed by atoms with Crippen molar-refractivity contribution in [2.75, 3.05) is 19.7 Å². The zero-order valence-electron chi connectivity index (χ0n) is 10.6. The van der Waals surface area contributed by atoms with E-state index in [9.17, 15) is 4.79 Å². The van der Waals surface area contributed by atoms with E-state index in [2.05, 4.69) is 6.07 Å². The molecule has 0 bridgehead atoms. The summed E-state index contributed by atoms with van der Waals surface area (Å²) >= 11 is 0. The standard InChI is InChI=1S/C14H18N2O2/c1-2-16(9-10-17)14(18)11-13-6-4-3-5-12(13)7-8-15/h3-6,17H,2,7,9-11H2,1H3. The summed E-state index contributed by atoms with van der Waals surface area (Å²) in [5, 5.41) is 17.6. The number of nitrogens with zero attached hydrogens (tertiary/aromatic N) is 2. The molecule has 0 aliphatic rings. The fourth-order valence-corrected chi connectivity index (χ4v) is 1.84. The SMILES string of the molecule is CCN(CCO)C(=O)Cc1ccccc1CC#N. The lowest BCUT2D eigenvalue weighted by molar-refractivity contribution is -0.130. The number of carbonyl (C=O) groups is 1. The van der Waals surface area contributed by atoms with Crippen LogP contribution >= 0.6 is 0 Å². The Morgan fingerprint density at radius 2 is 2.06 bits per heavy atom. The first-order valence-electron chi connectivity index (χ1n) is 6.05. The molecule has 1 amide bonds. The molecule has 1 rings (SSSR count). The minimum absolute atomic E-state index is 0.0167. The maximum atomic E-state index is 12.0. The summed E-state index contributed by atoms with van der Waals surface area (Å²) < 4.78 is 0. The fraction of sp³-hybridized carbons (Fsp3) is 0.429. The van der Waals surface area contributed by atoms with Crippen molar-refractivity contribution in [2.45, 2.75) is 19.8 Å². The van der Waals surface area contributed by atoms with Gasteiger partial charge in [0.1, 0.15) is 0 Å². The number of hydrogen-bond donors (Lipinski definition) is 1. The molecular weight excluding hydrogens is 228 g/mol. The van der Waals surface area contributed by atoms with Crippen molar-refractivity contribution in [2.24, 2.45) is 0 Å². The smallest absolute Gasteiger partial charge is 0.227 e. The number of nitriles is 1. The van der Waals surface area contributed by atoms with Crippen molar-refractivity contribution in [1.29, 1.82) is 5.26 Å². The number of aliphatic hydroxyl groups excluding tert-OH is 1. The van der Waals surface area contributed by atoms with Gasteiger partial charge in [-0.2, -0.15) is 5.26 Å². The Hall–Kier alpha value is -1.86. The number of hydrogen-bond acceptors (Lipinski definition) is 3. The van der Waals surface area contributed by atoms with Gasteiger partial charge in [-0.1, -0.05) is 24.3 Å². The van der Waals surface area contributed by atoms with Gasteiger partial charge >= 0.3 is 0 Å². The normalized spacial score (nSPS) is 9.83. The van der Waals surface area contributed by atoms with Crippen LogP contribution in [-0.4, -0.2) is 35.6 Å². The van der Waals surface area contributed by atoms with E-state index in [-0.39, 0.29) is 18.9 Å². The molecule has 1 aromatic rings. The van der Waals surface area contributed by atoms with Crippen molar-refractivity contribution in [3.63, 3.8) is 0 Å². The van der Waals surface area contributed by atoms with Gasteiger partial charge < -0.3 is 10.0 Å². The van der Waals surface area contributed by atoms with Gasteiger partial charge in [-0.15, -0.1) is 0 Å². The summed E-state index contributed by atoms with van der Waals surface area (Å²) in [4.78, 5) is 13.6. The molecule has 0 atom stereocenters. The molecule has 1 N–H and O–H groups in total. The maximum absolute atomic E-state index is 12.0. The highest BCUT2D eigenvalue weighted by atomic mass is 16.3. The molecule has 18 heavy (non-hydrogen) atoms. The fourth-order valence-electron chi connectivity index (χ4n) is 1.84. The number of carbonyl (C=O) groups excluding carboxylic acids is 1. The van der Waals surface area contributed by atoms with Gasteiger partial charge in [-0.05, 0) is 18.1 Å². The topological polar surface area (TPSA) is 64.3 Å². The van der Waals surface area contributed by atoms with E-state index in [0.717, 1.165) is 11.1 Å². The van der Waals surface area contributed by atoms with Crippen LogP contribution in [0.3, 0.4) is 0 Å². The lowest BCUT2D eigenvalue weighted by Gasteiger charge is -2.20. The van der Waals surface area contributed by atoms with Gasteiger partial charge in [0.15, 0.2) is 0 Å². The summed E-state index contributed by atoms with van der Waals surface area (Å²) in [7, 11) is 0. The van der Waals surface area contributed by atoms with Crippen LogP contribution in [0.5, 0.6) is 0 Å². The Labute approximate surface area is 107 Å².